The normalized spacial score (nSPS) is 13.6. The first-order valence-electron chi connectivity index (χ1n) is 6.10. The average Bonchev–Trinajstić information content (AvgIpc) is 2.66. The summed E-state index contributed by atoms with van der Waals surface area (Å²) in [5, 5.41) is 0. The summed E-state index contributed by atoms with van der Waals surface area (Å²) < 4.78 is 1.33. The van der Waals surface area contributed by atoms with Crippen LogP contribution in [0.3, 0.4) is 0 Å². The summed E-state index contributed by atoms with van der Waals surface area (Å²) in [4.78, 5) is 0. The fourth-order valence-electron chi connectivity index (χ4n) is 1.94. The van der Waals surface area contributed by atoms with Crippen LogP contribution in [0, 0.1) is 0 Å². The van der Waals surface area contributed by atoms with Crippen LogP contribution >= 0.6 is 34.5 Å². The van der Waals surface area contributed by atoms with Crippen molar-refractivity contribution in [1.29, 1.82) is 0 Å². The molecule has 2 rings (SSSR count). The first-order chi connectivity index (χ1) is 8.79. The van der Waals surface area contributed by atoms with Crippen molar-refractivity contribution >= 4 is 34.5 Å². The van der Waals surface area contributed by atoms with Gasteiger partial charge in [0.25, 0.3) is 0 Å². The number of thiophene rings is 1. The SMILES string of the molecule is CC(C)(C)c1ccc(C(N)c2cc(Cl)sc2Cl)cc1. The van der Waals surface area contributed by atoms with Crippen LogP contribution in [0.2, 0.25) is 8.67 Å². The third-order valence-electron chi connectivity index (χ3n) is 3.15. The van der Waals surface area contributed by atoms with Crippen LogP contribution in [0.15, 0.2) is 30.3 Å². The molecule has 1 heterocycles. The molecule has 0 saturated heterocycles. The van der Waals surface area contributed by atoms with Crippen LogP contribution in [-0.4, -0.2) is 0 Å². The highest BCUT2D eigenvalue weighted by molar-refractivity contribution is 7.20. The number of hydrogen-bond acceptors (Lipinski definition) is 2. The van der Waals surface area contributed by atoms with Gasteiger partial charge in [-0.2, -0.15) is 0 Å². The van der Waals surface area contributed by atoms with E-state index in [4.69, 9.17) is 28.9 Å². The van der Waals surface area contributed by atoms with Gasteiger partial charge in [-0.3, -0.25) is 0 Å². The van der Waals surface area contributed by atoms with Crippen molar-refractivity contribution in [2.45, 2.75) is 32.2 Å². The molecule has 19 heavy (non-hydrogen) atoms. The van der Waals surface area contributed by atoms with Gasteiger partial charge in [0.2, 0.25) is 0 Å². The largest absolute Gasteiger partial charge is 0.320 e. The number of rotatable bonds is 2. The number of nitrogens with two attached hydrogens (primary N) is 1. The molecule has 2 N–H and O–H groups in total. The number of hydrogen-bond donors (Lipinski definition) is 1. The lowest BCUT2D eigenvalue weighted by Gasteiger charge is -2.20. The summed E-state index contributed by atoms with van der Waals surface area (Å²) in [6.07, 6.45) is 0. The molecule has 2 aromatic rings. The third kappa shape index (κ3) is 3.32. The molecule has 1 atom stereocenters. The van der Waals surface area contributed by atoms with E-state index in [1.807, 2.05) is 6.07 Å². The maximum Gasteiger partial charge on any atom is 0.0995 e. The van der Waals surface area contributed by atoms with Crippen LogP contribution in [-0.2, 0) is 5.41 Å². The first-order valence-corrected chi connectivity index (χ1v) is 7.67. The Hall–Kier alpha value is -0.540. The minimum atomic E-state index is -0.231. The highest BCUT2D eigenvalue weighted by atomic mass is 35.5. The molecule has 0 bridgehead atoms. The van der Waals surface area contributed by atoms with Gasteiger partial charge in [0.15, 0.2) is 0 Å². The van der Waals surface area contributed by atoms with Gasteiger partial charge in [-0.05, 0) is 22.6 Å². The summed E-state index contributed by atoms with van der Waals surface area (Å²) in [7, 11) is 0. The second-order valence-corrected chi connectivity index (χ2v) is 7.91. The van der Waals surface area contributed by atoms with Gasteiger partial charge in [-0.1, -0.05) is 68.2 Å². The Morgan fingerprint density at radius 2 is 1.68 bits per heavy atom. The van der Waals surface area contributed by atoms with Crippen LogP contribution in [0.25, 0.3) is 0 Å². The average molecular weight is 314 g/mol. The fourth-order valence-corrected chi connectivity index (χ4v) is 3.48. The first kappa shape index (κ1) is 14.9. The van der Waals surface area contributed by atoms with Crippen LogP contribution in [0.1, 0.15) is 43.5 Å². The lowest BCUT2D eigenvalue weighted by molar-refractivity contribution is 0.589. The van der Waals surface area contributed by atoms with E-state index in [2.05, 4.69) is 45.0 Å². The van der Waals surface area contributed by atoms with Gasteiger partial charge >= 0.3 is 0 Å². The summed E-state index contributed by atoms with van der Waals surface area (Å²) in [5.41, 5.74) is 9.62. The third-order valence-corrected chi connectivity index (χ3v) is 4.67. The van der Waals surface area contributed by atoms with Crippen molar-refractivity contribution in [2.24, 2.45) is 5.73 Å². The van der Waals surface area contributed by atoms with E-state index < -0.39 is 0 Å². The highest BCUT2D eigenvalue weighted by Gasteiger charge is 2.17. The van der Waals surface area contributed by atoms with E-state index in [0.717, 1.165) is 11.1 Å². The smallest absolute Gasteiger partial charge is 0.0995 e. The Balaban J connectivity index is 2.30. The van der Waals surface area contributed by atoms with E-state index in [-0.39, 0.29) is 11.5 Å². The molecular weight excluding hydrogens is 297 g/mol. The molecule has 0 aliphatic heterocycles. The van der Waals surface area contributed by atoms with Crippen LogP contribution in [0.5, 0.6) is 0 Å². The van der Waals surface area contributed by atoms with Gasteiger partial charge in [0.1, 0.15) is 0 Å². The lowest BCUT2D eigenvalue weighted by atomic mass is 9.86. The summed E-state index contributed by atoms with van der Waals surface area (Å²) in [6.45, 7) is 6.58. The molecule has 1 aromatic carbocycles. The zero-order valence-electron chi connectivity index (χ0n) is 11.2. The van der Waals surface area contributed by atoms with Crippen molar-refractivity contribution in [3.63, 3.8) is 0 Å². The summed E-state index contributed by atoms with van der Waals surface area (Å²) in [6, 6.07) is 9.98. The molecule has 1 unspecified atom stereocenters. The standard InChI is InChI=1S/C15H17Cl2NS/c1-15(2,3)10-6-4-9(5-7-10)13(18)11-8-12(16)19-14(11)17/h4-8,13H,18H2,1-3H3. The predicted octanol–water partition coefficient (Wildman–Crippen LogP) is 5.40. The molecule has 1 aromatic heterocycles. The van der Waals surface area contributed by atoms with Gasteiger partial charge in [-0.25, -0.2) is 0 Å². The van der Waals surface area contributed by atoms with E-state index in [1.54, 1.807) is 0 Å². The molecular formula is C15H17Cl2NS. The fraction of sp³-hybridized carbons (Fsp3) is 0.333. The summed E-state index contributed by atoms with van der Waals surface area (Å²) in [5.74, 6) is 0. The van der Waals surface area contributed by atoms with E-state index in [1.165, 1.54) is 16.9 Å². The zero-order valence-corrected chi connectivity index (χ0v) is 13.5. The Kier molecular flexibility index (Phi) is 4.26. The molecule has 1 nitrogen and oxygen atoms in total. The van der Waals surface area contributed by atoms with Crippen molar-refractivity contribution < 1.29 is 0 Å². The second kappa shape index (κ2) is 5.45. The zero-order chi connectivity index (χ0) is 14.2. The molecule has 102 valence electrons. The molecule has 0 saturated carbocycles. The molecule has 0 spiro atoms. The van der Waals surface area contributed by atoms with E-state index in [0.29, 0.717) is 8.67 Å². The monoisotopic (exact) mass is 313 g/mol. The molecule has 0 radical (unpaired) electrons. The van der Waals surface area contributed by atoms with Gasteiger partial charge < -0.3 is 5.73 Å². The van der Waals surface area contributed by atoms with E-state index in [9.17, 15) is 0 Å². The van der Waals surface area contributed by atoms with Gasteiger partial charge in [-0.15, -0.1) is 11.3 Å². The minimum Gasteiger partial charge on any atom is -0.320 e. The van der Waals surface area contributed by atoms with E-state index >= 15 is 0 Å². The number of benzene rings is 1. The molecule has 0 fully saturated rings. The van der Waals surface area contributed by atoms with Crippen molar-refractivity contribution in [3.8, 4) is 0 Å². The molecule has 4 heteroatoms. The molecule has 0 aliphatic carbocycles. The highest BCUT2D eigenvalue weighted by Crippen LogP contribution is 2.36. The maximum atomic E-state index is 6.25. The maximum absolute atomic E-state index is 6.25. The van der Waals surface area contributed by atoms with Crippen molar-refractivity contribution in [3.05, 3.63) is 55.7 Å². The van der Waals surface area contributed by atoms with Crippen molar-refractivity contribution in [1.82, 2.24) is 0 Å². The van der Waals surface area contributed by atoms with Crippen LogP contribution in [0.4, 0.5) is 0 Å². The number of halogens is 2. The topological polar surface area (TPSA) is 26.0 Å². The van der Waals surface area contributed by atoms with Gasteiger partial charge in [0, 0.05) is 5.56 Å². The summed E-state index contributed by atoms with van der Waals surface area (Å²) >= 11 is 13.5. The second-order valence-electron chi connectivity index (χ2n) is 5.63. The van der Waals surface area contributed by atoms with Gasteiger partial charge in [0.05, 0.1) is 14.7 Å². The minimum absolute atomic E-state index is 0.145. The lowest BCUT2D eigenvalue weighted by Crippen LogP contribution is -2.14. The molecule has 0 amide bonds. The predicted molar refractivity (Wildman–Crippen MR) is 85.5 cm³/mol. The quantitative estimate of drug-likeness (QED) is 0.789. The molecule has 0 aliphatic rings. The Labute approximate surface area is 128 Å². The Bertz CT molecular complexity index is 567. The van der Waals surface area contributed by atoms with Crippen molar-refractivity contribution in [2.75, 3.05) is 0 Å². The Morgan fingerprint density at radius 1 is 1.11 bits per heavy atom. The van der Waals surface area contributed by atoms with Crippen LogP contribution < -0.4 is 5.73 Å². The Morgan fingerprint density at radius 3 is 2.11 bits per heavy atom.